The standard InChI is InChI=1S/C18H27N3O4.C4H10.C2H6/c1-13-7-9-15(10-8-13)5-4-6-16(14(2)21(25)12-22)18(24)20-11-17(23)19-3;1-4(2)3;1-2/h7-10,12,14,16,25H,4-6,11H2,1-3H3,(H,19,23)(H,20,24);4H,1-3H3;1-2H3. The summed E-state index contributed by atoms with van der Waals surface area (Å²) in [6.45, 7) is 14.0. The predicted molar refractivity (Wildman–Crippen MR) is 126 cm³/mol. The van der Waals surface area contributed by atoms with E-state index in [1.165, 1.54) is 18.2 Å². The fourth-order valence-corrected chi connectivity index (χ4v) is 2.54. The van der Waals surface area contributed by atoms with Gasteiger partial charge in [0.15, 0.2) is 0 Å². The lowest BCUT2D eigenvalue weighted by molar-refractivity contribution is -0.166. The number of nitrogens with zero attached hydrogens (tertiary/aromatic N) is 1. The van der Waals surface area contributed by atoms with Crippen LogP contribution < -0.4 is 10.6 Å². The molecule has 1 aromatic rings. The van der Waals surface area contributed by atoms with Gasteiger partial charge in [0.05, 0.1) is 18.5 Å². The van der Waals surface area contributed by atoms with Crippen LogP contribution in [0, 0.1) is 18.8 Å². The number of carbonyl (C=O) groups excluding carboxylic acids is 3. The molecule has 3 N–H and O–H groups in total. The summed E-state index contributed by atoms with van der Waals surface area (Å²) in [6, 6.07) is 7.48. The van der Waals surface area contributed by atoms with Gasteiger partial charge in [0.1, 0.15) is 0 Å². The number of rotatable bonds is 10. The molecule has 0 saturated heterocycles. The summed E-state index contributed by atoms with van der Waals surface area (Å²) in [6.07, 6.45) is 2.28. The third-order valence-corrected chi connectivity index (χ3v) is 4.25. The van der Waals surface area contributed by atoms with Crippen LogP contribution in [0.4, 0.5) is 0 Å². The Balaban J connectivity index is 0. The number of carbonyl (C=O) groups is 3. The highest BCUT2D eigenvalue weighted by Gasteiger charge is 2.28. The van der Waals surface area contributed by atoms with Crippen molar-refractivity contribution >= 4 is 18.2 Å². The molecule has 0 saturated carbocycles. The van der Waals surface area contributed by atoms with Crippen molar-refractivity contribution in [1.82, 2.24) is 15.7 Å². The number of amides is 3. The highest BCUT2D eigenvalue weighted by atomic mass is 16.5. The van der Waals surface area contributed by atoms with Crippen LogP contribution in [0.2, 0.25) is 0 Å². The molecule has 0 bridgehead atoms. The molecule has 0 aliphatic carbocycles. The van der Waals surface area contributed by atoms with Crippen LogP contribution >= 0.6 is 0 Å². The molecule has 178 valence electrons. The Labute approximate surface area is 188 Å². The Kier molecular flexibility index (Phi) is 18.2. The van der Waals surface area contributed by atoms with Crippen molar-refractivity contribution < 1.29 is 19.6 Å². The van der Waals surface area contributed by atoms with Crippen LogP contribution in [-0.2, 0) is 20.8 Å². The van der Waals surface area contributed by atoms with Crippen molar-refractivity contribution in [2.24, 2.45) is 11.8 Å². The lowest BCUT2D eigenvalue weighted by atomic mass is 9.92. The van der Waals surface area contributed by atoms with Crippen LogP contribution in [0.15, 0.2) is 24.3 Å². The maximum absolute atomic E-state index is 12.4. The molecule has 0 heterocycles. The Morgan fingerprint density at radius 1 is 1.10 bits per heavy atom. The molecule has 7 nitrogen and oxygen atoms in total. The first-order valence-corrected chi connectivity index (χ1v) is 11.1. The van der Waals surface area contributed by atoms with Gasteiger partial charge in [-0.2, -0.15) is 0 Å². The van der Waals surface area contributed by atoms with E-state index in [-0.39, 0.29) is 24.8 Å². The van der Waals surface area contributed by atoms with Crippen LogP contribution in [0.25, 0.3) is 0 Å². The van der Waals surface area contributed by atoms with Crippen LogP contribution in [0.5, 0.6) is 0 Å². The van der Waals surface area contributed by atoms with Crippen molar-refractivity contribution in [2.45, 2.75) is 73.8 Å². The molecule has 0 aromatic heterocycles. The Morgan fingerprint density at radius 2 is 1.61 bits per heavy atom. The zero-order chi connectivity index (χ0) is 24.4. The molecule has 7 heteroatoms. The van der Waals surface area contributed by atoms with Gasteiger partial charge < -0.3 is 10.6 Å². The number of hydroxylamine groups is 2. The minimum Gasteiger partial charge on any atom is -0.358 e. The molecule has 2 unspecified atom stereocenters. The zero-order valence-electron chi connectivity index (χ0n) is 20.6. The highest BCUT2D eigenvalue weighted by Crippen LogP contribution is 2.18. The third kappa shape index (κ3) is 15.1. The topological polar surface area (TPSA) is 98.7 Å². The van der Waals surface area contributed by atoms with Crippen molar-refractivity contribution in [2.75, 3.05) is 13.6 Å². The van der Waals surface area contributed by atoms with E-state index in [4.69, 9.17) is 0 Å². The minimum atomic E-state index is -0.680. The summed E-state index contributed by atoms with van der Waals surface area (Å²) in [7, 11) is 1.48. The smallest absolute Gasteiger partial charge is 0.239 e. The molecule has 0 aliphatic rings. The average molecular weight is 438 g/mol. The van der Waals surface area contributed by atoms with Gasteiger partial charge in [0.2, 0.25) is 18.2 Å². The molecular formula is C24H43N3O4. The molecule has 1 rings (SSSR count). The molecule has 2 atom stereocenters. The number of aryl methyl sites for hydroxylation is 2. The summed E-state index contributed by atoms with van der Waals surface area (Å²) < 4.78 is 0. The van der Waals surface area contributed by atoms with E-state index in [0.29, 0.717) is 11.5 Å². The van der Waals surface area contributed by atoms with E-state index in [1.807, 2.05) is 45.0 Å². The van der Waals surface area contributed by atoms with Gasteiger partial charge in [-0.1, -0.05) is 64.4 Å². The summed E-state index contributed by atoms with van der Waals surface area (Å²) in [4.78, 5) is 34.4. The largest absolute Gasteiger partial charge is 0.358 e. The van der Waals surface area contributed by atoms with Gasteiger partial charge in [0, 0.05) is 7.05 Å². The van der Waals surface area contributed by atoms with E-state index in [0.717, 1.165) is 18.8 Å². The Morgan fingerprint density at radius 3 is 2.06 bits per heavy atom. The van der Waals surface area contributed by atoms with Crippen molar-refractivity contribution in [3.05, 3.63) is 35.4 Å². The lowest BCUT2D eigenvalue weighted by Gasteiger charge is -2.27. The fraction of sp³-hybridized carbons (Fsp3) is 0.625. The molecular weight excluding hydrogens is 394 g/mol. The van der Waals surface area contributed by atoms with Crippen molar-refractivity contribution in [3.8, 4) is 0 Å². The third-order valence-electron chi connectivity index (χ3n) is 4.25. The molecule has 0 fully saturated rings. The first-order valence-electron chi connectivity index (χ1n) is 11.1. The molecule has 3 amide bonds. The average Bonchev–Trinajstić information content (AvgIpc) is 2.76. The number of benzene rings is 1. The normalized spacial score (nSPS) is 11.7. The van der Waals surface area contributed by atoms with Gasteiger partial charge in [0.25, 0.3) is 0 Å². The van der Waals surface area contributed by atoms with E-state index in [2.05, 4.69) is 31.4 Å². The maximum atomic E-state index is 12.4. The Bertz CT molecular complexity index is 615. The summed E-state index contributed by atoms with van der Waals surface area (Å²) in [5, 5.41) is 15.1. The van der Waals surface area contributed by atoms with Gasteiger partial charge in [-0.3, -0.25) is 19.6 Å². The zero-order valence-corrected chi connectivity index (χ0v) is 20.6. The quantitative estimate of drug-likeness (QED) is 0.295. The van der Waals surface area contributed by atoms with Crippen LogP contribution in [-0.4, -0.2) is 48.1 Å². The summed E-state index contributed by atoms with van der Waals surface area (Å²) in [5.41, 5.74) is 2.35. The van der Waals surface area contributed by atoms with Crippen molar-refractivity contribution in [1.29, 1.82) is 0 Å². The van der Waals surface area contributed by atoms with Gasteiger partial charge in [-0.25, -0.2) is 5.06 Å². The maximum Gasteiger partial charge on any atom is 0.239 e. The summed E-state index contributed by atoms with van der Waals surface area (Å²) in [5.74, 6) is -0.443. The SMILES string of the molecule is CC.CC(C)C.CNC(=O)CNC(=O)C(CCCc1ccc(C)cc1)C(C)N(O)C=O. The van der Waals surface area contributed by atoms with E-state index < -0.39 is 12.0 Å². The molecule has 0 aliphatic heterocycles. The van der Waals surface area contributed by atoms with Crippen LogP contribution in [0.3, 0.4) is 0 Å². The molecule has 1 aromatic carbocycles. The second kappa shape index (κ2) is 18.4. The Hall–Kier alpha value is -2.41. The first-order chi connectivity index (χ1) is 14.6. The first kappa shape index (κ1) is 30.8. The predicted octanol–water partition coefficient (Wildman–Crippen LogP) is 3.72. The van der Waals surface area contributed by atoms with E-state index in [9.17, 15) is 19.6 Å². The van der Waals surface area contributed by atoms with Gasteiger partial charge in [-0.15, -0.1) is 0 Å². The molecule has 31 heavy (non-hydrogen) atoms. The fourth-order valence-electron chi connectivity index (χ4n) is 2.54. The molecule has 0 spiro atoms. The number of hydrogen-bond donors (Lipinski definition) is 3. The van der Waals surface area contributed by atoms with Crippen LogP contribution in [0.1, 0.15) is 65.5 Å². The monoisotopic (exact) mass is 437 g/mol. The van der Waals surface area contributed by atoms with Crippen molar-refractivity contribution in [3.63, 3.8) is 0 Å². The summed E-state index contributed by atoms with van der Waals surface area (Å²) >= 11 is 0. The van der Waals surface area contributed by atoms with E-state index >= 15 is 0 Å². The van der Waals surface area contributed by atoms with Gasteiger partial charge >= 0.3 is 0 Å². The number of hydrogen-bond acceptors (Lipinski definition) is 4. The number of nitrogens with one attached hydrogen (secondary N) is 2. The highest BCUT2D eigenvalue weighted by molar-refractivity contribution is 5.86. The molecule has 0 radical (unpaired) electrons. The second-order valence-corrected chi connectivity index (χ2v) is 7.83. The van der Waals surface area contributed by atoms with Gasteiger partial charge in [-0.05, 0) is 44.6 Å². The lowest BCUT2D eigenvalue weighted by Crippen LogP contribution is -2.46. The van der Waals surface area contributed by atoms with E-state index in [1.54, 1.807) is 6.92 Å². The minimum absolute atomic E-state index is 0.136. The number of likely N-dealkylation sites (N-methyl/N-ethyl adjacent to an activating group) is 1. The second-order valence-electron chi connectivity index (χ2n) is 7.83.